The molecule has 3 atom stereocenters. The van der Waals surface area contributed by atoms with Crippen molar-refractivity contribution in [2.24, 2.45) is 5.41 Å². The van der Waals surface area contributed by atoms with E-state index >= 15 is 0 Å². The molecule has 3 unspecified atom stereocenters. The highest BCUT2D eigenvalue weighted by Gasteiger charge is 2.50. The molecule has 0 spiro atoms. The fourth-order valence-corrected chi connectivity index (χ4v) is 3.01. The largest absolute Gasteiger partial charge is 0.481 e. The van der Waals surface area contributed by atoms with Crippen molar-refractivity contribution in [1.29, 1.82) is 0 Å². The van der Waals surface area contributed by atoms with Gasteiger partial charge in [0.05, 0.1) is 11.5 Å². The first-order valence-electron chi connectivity index (χ1n) is 9.82. The van der Waals surface area contributed by atoms with Crippen LogP contribution in [0.5, 0.6) is 0 Å². The number of epoxide rings is 1. The van der Waals surface area contributed by atoms with Gasteiger partial charge in [-0.05, 0) is 40.0 Å². The van der Waals surface area contributed by atoms with Gasteiger partial charge in [-0.3, -0.25) is 4.79 Å². The fourth-order valence-electron chi connectivity index (χ4n) is 3.01. The van der Waals surface area contributed by atoms with Crippen LogP contribution in [0.15, 0.2) is 0 Å². The maximum absolute atomic E-state index is 11.0. The quantitative estimate of drug-likeness (QED) is 0.307. The first-order chi connectivity index (χ1) is 11.7. The molecular weight excluding hydrogens is 316 g/mol. The second-order valence-electron chi connectivity index (χ2n) is 8.14. The maximum atomic E-state index is 11.0. The van der Waals surface area contributed by atoms with Gasteiger partial charge < -0.3 is 14.9 Å². The highest BCUT2D eigenvalue weighted by atomic mass is 16.6. The van der Waals surface area contributed by atoms with E-state index in [2.05, 4.69) is 18.8 Å². The summed E-state index contributed by atoms with van der Waals surface area (Å²) in [6.45, 7) is 7.48. The van der Waals surface area contributed by atoms with E-state index in [1.54, 1.807) is 20.8 Å². The van der Waals surface area contributed by atoms with Gasteiger partial charge in [0, 0.05) is 6.42 Å². The van der Waals surface area contributed by atoms with E-state index in [1.165, 1.54) is 12.8 Å². The van der Waals surface area contributed by atoms with Crippen LogP contribution in [0.2, 0.25) is 0 Å². The average molecular weight is 353 g/mol. The summed E-state index contributed by atoms with van der Waals surface area (Å²) in [6.07, 6.45) is 10.1. The van der Waals surface area contributed by atoms with Crippen molar-refractivity contribution >= 4 is 5.97 Å². The van der Waals surface area contributed by atoms with E-state index in [1.807, 2.05) is 0 Å². The number of hydrogen-bond donors (Lipinski definition) is 2. The minimum atomic E-state index is -1.04. The zero-order chi connectivity index (χ0) is 18.9. The van der Waals surface area contributed by atoms with E-state index < -0.39 is 17.0 Å². The van der Waals surface area contributed by atoms with Crippen LogP contribution in [0.25, 0.3) is 0 Å². The molecule has 0 bridgehead atoms. The Morgan fingerprint density at radius 1 is 1.08 bits per heavy atom. The predicted molar refractivity (Wildman–Crippen MR) is 100 cm³/mol. The SMILES string of the molecule is CCCCCC1OC1C(C)(O)C#CCCCCCCC(C)(C)C(=O)O. The standard InChI is InChI=1S/C21H36O4/c1-5-6-11-14-17-18(25-17)21(4,24)16-13-10-8-7-9-12-15-20(2,3)19(22)23/h17-18,24H,5-12,14-15H2,1-4H3,(H,22,23). The van der Waals surface area contributed by atoms with Gasteiger partial charge in [-0.1, -0.05) is 51.4 Å². The van der Waals surface area contributed by atoms with Crippen molar-refractivity contribution in [2.75, 3.05) is 0 Å². The van der Waals surface area contributed by atoms with Gasteiger partial charge in [-0.25, -0.2) is 0 Å². The molecule has 1 rings (SSSR count). The molecule has 0 saturated carbocycles. The Morgan fingerprint density at radius 3 is 2.40 bits per heavy atom. The van der Waals surface area contributed by atoms with Gasteiger partial charge in [0.1, 0.15) is 6.10 Å². The summed E-state index contributed by atoms with van der Waals surface area (Å²) in [5, 5.41) is 19.5. The van der Waals surface area contributed by atoms with Crippen molar-refractivity contribution < 1.29 is 19.7 Å². The molecule has 0 aromatic rings. The lowest BCUT2D eigenvalue weighted by Crippen LogP contribution is -2.30. The Labute approximate surface area is 153 Å². The summed E-state index contributed by atoms with van der Waals surface area (Å²) < 4.78 is 5.59. The zero-order valence-corrected chi connectivity index (χ0v) is 16.4. The van der Waals surface area contributed by atoms with Gasteiger partial charge in [-0.2, -0.15) is 0 Å². The number of ether oxygens (including phenoxy) is 1. The molecule has 0 aromatic carbocycles. The van der Waals surface area contributed by atoms with Crippen LogP contribution in [0.1, 0.15) is 91.9 Å². The minimum Gasteiger partial charge on any atom is -0.481 e. The summed E-state index contributed by atoms with van der Waals surface area (Å²) in [7, 11) is 0. The number of aliphatic hydroxyl groups is 1. The van der Waals surface area contributed by atoms with Gasteiger partial charge in [0.2, 0.25) is 0 Å². The third-order valence-electron chi connectivity index (χ3n) is 5.00. The lowest BCUT2D eigenvalue weighted by molar-refractivity contribution is -0.147. The molecule has 1 heterocycles. The van der Waals surface area contributed by atoms with Crippen LogP contribution >= 0.6 is 0 Å². The lowest BCUT2D eigenvalue weighted by Gasteiger charge is -2.18. The Morgan fingerprint density at radius 2 is 1.76 bits per heavy atom. The Balaban J connectivity index is 2.13. The van der Waals surface area contributed by atoms with E-state index in [4.69, 9.17) is 9.84 Å². The molecule has 0 radical (unpaired) electrons. The summed E-state index contributed by atoms with van der Waals surface area (Å²) >= 11 is 0. The summed E-state index contributed by atoms with van der Waals surface area (Å²) in [5.74, 6) is 5.33. The van der Waals surface area contributed by atoms with E-state index in [0.717, 1.165) is 44.9 Å². The first-order valence-corrected chi connectivity index (χ1v) is 9.82. The van der Waals surface area contributed by atoms with Crippen molar-refractivity contribution in [1.82, 2.24) is 0 Å². The molecule has 1 fully saturated rings. The second-order valence-corrected chi connectivity index (χ2v) is 8.14. The summed E-state index contributed by atoms with van der Waals surface area (Å²) in [4.78, 5) is 11.0. The molecule has 1 aliphatic rings. The number of rotatable bonds is 12. The first kappa shape index (κ1) is 22.0. The lowest BCUT2D eigenvalue weighted by atomic mass is 9.87. The number of carbonyl (C=O) groups is 1. The normalized spacial score (nSPS) is 22.0. The van der Waals surface area contributed by atoms with Crippen LogP contribution in [0, 0.1) is 17.3 Å². The molecular formula is C21H36O4. The molecule has 4 nitrogen and oxygen atoms in total. The van der Waals surface area contributed by atoms with Crippen LogP contribution < -0.4 is 0 Å². The number of aliphatic carboxylic acids is 1. The minimum absolute atomic E-state index is 0.130. The Bertz CT molecular complexity index is 470. The molecule has 4 heteroatoms. The molecule has 1 aliphatic heterocycles. The van der Waals surface area contributed by atoms with E-state index in [0.29, 0.717) is 6.42 Å². The third-order valence-corrected chi connectivity index (χ3v) is 5.00. The average Bonchev–Trinajstić information content (AvgIpc) is 3.30. The molecule has 25 heavy (non-hydrogen) atoms. The van der Waals surface area contributed by atoms with Crippen LogP contribution in [0.4, 0.5) is 0 Å². The summed E-state index contributed by atoms with van der Waals surface area (Å²) in [6, 6.07) is 0. The second kappa shape index (κ2) is 10.2. The van der Waals surface area contributed by atoms with Crippen LogP contribution in [0.3, 0.4) is 0 Å². The number of carboxylic acids is 1. The van der Waals surface area contributed by atoms with E-state index in [9.17, 15) is 9.90 Å². The van der Waals surface area contributed by atoms with Crippen molar-refractivity contribution in [3.8, 4) is 11.8 Å². The number of hydrogen-bond acceptors (Lipinski definition) is 3. The van der Waals surface area contributed by atoms with Crippen molar-refractivity contribution in [3.63, 3.8) is 0 Å². The molecule has 144 valence electrons. The molecule has 0 amide bonds. The number of unbranched alkanes of at least 4 members (excludes halogenated alkanes) is 6. The molecule has 0 aromatic heterocycles. The smallest absolute Gasteiger partial charge is 0.309 e. The highest BCUT2D eigenvalue weighted by molar-refractivity contribution is 5.73. The van der Waals surface area contributed by atoms with Gasteiger partial charge in [0.15, 0.2) is 5.60 Å². The van der Waals surface area contributed by atoms with E-state index in [-0.39, 0.29) is 12.2 Å². The Hall–Kier alpha value is -1.05. The van der Waals surface area contributed by atoms with Crippen LogP contribution in [-0.2, 0) is 9.53 Å². The fraction of sp³-hybridized carbons (Fsp3) is 0.857. The highest BCUT2D eigenvalue weighted by Crippen LogP contribution is 2.35. The third kappa shape index (κ3) is 8.25. The van der Waals surface area contributed by atoms with Crippen molar-refractivity contribution in [3.05, 3.63) is 0 Å². The summed E-state index contributed by atoms with van der Waals surface area (Å²) in [5.41, 5.74) is -1.67. The van der Waals surface area contributed by atoms with Crippen molar-refractivity contribution in [2.45, 2.75) is 110 Å². The molecule has 2 N–H and O–H groups in total. The Kier molecular flexibility index (Phi) is 8.96. The van der Waals surface area contributed by atoms with Crippen LogP contribution in [-0.4, -0.2) is 34.0 Å². The van der Waals surface area contributed by atoms with Gasteiger partial charge in [0.25, 0.3) is 0 Å². The molecule has 1 saturated heterocycles. The molecule has 0 aliphatic carbocycles. The zero-order valence-electron chi connectivity index (χ0n) is 16.4. The topological polar surface area (TPSA) is 70.1 Å². The number of carboxylic acid groups (broad SMARTS) is 1. The monoisotopic (exact) mass is 352 g/mol. The predicted octanol–water partition coefficient (Wildman–Crippen LogP) is 4.54. The van der Waals surface area contributed by atoms with Gasteiger partial charge >= 0.3 is 5.97 Å². The maximum Gasteiger partial charge on any atom is 0.309 e. The van der Waals surface area contributed by atoms with Gasteiger partial charge in [-0.15, -0.1) is 5.92 Å².